The molecular weight excluding hydrogens is 197 g/mol. The average molecular weight is 207 g/mol. The van der Waals surface area contributed by atoms with Gasteiger partial charge in [0.2, 0.25) is 6.79 Å². The maximum absolute atomic E-state index is 13.1. The van der Waals surface area contributed by atoms with Crippen molar-refractivity contribution in [3.8, 4) is 17.6 Å². The summed E-state index contributed by atoms with van der Waals surface area (Å²) in [6.07, 6.45) is -0.872. The van der Waals surface area contributed by atoms with E-state index in [1.54, 1.807) is 12.1 Å². The Morgan fingerprint density at radius 3 is 3.00 bits per heavy atom. The quantitative estimate of drug-likeness (QED) is 0.748. The molecule has 0 fully saturated rings. The number of nitrogens with zero attached hydrogens (tertiary/aromatic N) is 1. The maximum atomic E-state index is 13.1. The van der Waals surface area contributed by atoms with Crippen LogP contribution in [0.5, 0.6) is 11.5 Å². The first-order valence-corrected chi connectivity index (χ1v) is 4.66. The molecule has 1 aromatic rings. The van der Waals surface area contributed by atoms with Crippen molar-refractivity contribution in [1.82, 2.24) is 0 Å². The Bertz CT molecular complexity index is 423. The van der Waals surface area contributed by atoms with Crippen molar-refractivity contribution in [2.24, 2.45) is 0 Å². The minimum absolute atomic E-state index is 0.137. The molecule has 2 rings (SSSR count). The lowest BCUT2D eigenvalue weighted by atomic mass is 10.0. The molecule has 78 valence electrons. The molecule has 3 nitrogen and oxygen atoms in total. The van der Waals surface area contributed by atoms with Crippen LogP contribution in [0.2, 0.25) is 0 Å². The van der Waals surface area contributed by atoms with Crippen molar-refractivity contribution in [3.05, 3.63) is 23.3 Å². The number of rotatable bonds is 2. The van der Waals surface area contributed by atoms with Crippen molar-refractivity contribution >= 4 is 0 Å². The summed E-state index contributed by atoms with van der Waals surface area (Å²) in [5.74, 6) is 1.10. The first-order valence-electron chi connectivity index (χ1n) is 4.66. The summed E-state index contributed by atoms with van der Waals surface area (Å²) in [6, 6.07) is 5.29. The van der Waals surface area contributed by atoms with Crippen molar-refractivity contribution in [1.29, 1.82) is 5.26 Å². The molecule has 0 aromatic heterocycles. The Labute approximate surface area is 87.0 Å². The van der Waals surface area contributed by atoms with Crippen LogP contribution in [-0.4, -0.2) is 6.79 Å². The van der Waals surface area contributed by atoms with Gasteiger partial charge in [-0.05, 0) is 24.6 Å². The highest BCUT2D eigenvalue weighted by Crippen LogP contribution is 2.38. The van der Waals surface area contributed by atoms with Crippen LogP contribution >= 0.6 is 0 Å². The van der Waals surface area contributed by atoms with Gasteiger partial charge in [-0.15, -0.1) is 0 Å². The number of hydrogen-bond donors (Lipinski definition) is 0. The van der Waals surface area contributed by atoms with E-state index in [0.29, 0.717) is 22.6 Å². The molecule has 1 aliphatic heterocycles. The van der Waals surface area contributed by atoms with E-state index in [2.05, 4.69) is 0 Å². The lowest BCUT2D eigenvalue weighted by Crippen LogP contribution is -1.94. The summed E-state index contributed by atoms with van der Waals surface area (Å²) in [4.78, 5) is 0. The van der Waals surface area contributed by atoms with Crippen LogP contribution in [0.25, 0.3) is 0 Å². The molecule has 1 atom stereocenters. The van der Waals surface area contributed by atoms with E-state index in [1.165, 1.54) is 6.92 Å². The number of benzene rings is 1. The summed E-state index contributed by atoms with van der Waals surface area (Å²) < 4.78 is 23.5. The lowest BCUT2D eigenvalue weighted by Gasteiger charge is -2.07. The van der Waals surface area contributed by atoms with Gasteiger partial charge in [0.15, 0.2) is 11.5 Å². The van der Waals surface area contributed by atoms with Crippen LogP contribution in [-0.2, 0) is 6.42 Å². The number of nitriles is 1. The Morgan fingerprint density at radius 2 is 2.33 bits per heavy atom. The summed E-state index contributed by atoms with van der Waals surface area (Å²) in [5, 5.41) is 8.64. The number of ether oxygens (including phenoxy) is 2. The van der Waals surface area contributed by atoms with Crippen LogP contribution in [0.1, 0.15) is 24.2 Å². The summed E-state index contributed by atoms with van der Waals surface area (Å²) in [5.41, 5.74) is 1.21. The summed E-state index contributed by atoms with van der Waals surface area (Å²) in [7, 11) is 0. The third-order valence-corrected chi connectivity index (χ3v) is 2.30. The van der Waals surface area contributed by atoms with Crippen LogP contribution in [0.4, 0.5) is 4.39 Å². The second-order valence-electron chi connectivity index (χ2n) is 3.36. The van der Waals surface area contributed by atoms with Crippen molar-refractivity contribution < 1.29 is 13.9 Å². The van der Waals surface area contributed by atoms with Crippen molar-refractivity contribution in [2.45, 2.75) is 19.5 Å². The molecule has 15 heavy (non-hydrogen) atoms. The molecule has 0 N–H and O–H groups in total. The van der Waals surface area contributed by atoms with E-state index < -0.39 is 6.17 Å². The third-order valence-electron chi connectivity index (χ3n) is 2.30. The van der Waals surface area contributed by atoms with Crippen LogP contribution in [0, 0.1) is 11.3 Å². The summed E-state index contributed by atoms with van der Waals surface area (Å²) >= 11 is 0. The first kappa shape index (κ1) is 9.78. The normalized spacial score (nSPS) is 14.7. The first-order chi connectivity index (χ1) is 7.22. The number of halogens is 1. The zero-order valence-electron chi connectivity index (χ0n) is 8.29. The predicted octanol–water partition coefficient (Wildman–Crippen LogP) is 2.51. The highest BCUT2D eigenvalue weighted by molar-refractivity contribution is 5.52. The Kier molecular flexibility index (Phi) is 2.46. The zero-order valence-corrected chi connectivity index (χ0v) is 8.29. The molecule has 0 saturated carbocycles. The van der Waals surface area contributed by atoms with E-state index in [9.17, 15) is 4.39 Å². The lowest BCUT2D eigenvalue weighted by molar-refractivity contribution is 0.173. The minimum Gasteiger partial charge on any atom is -0.454 e. The van der Waals surface area contributed by atoms with Gasteiger partial charge >= 0.3 is 0 Å². The van der Waals surface area contributed by atoms with E-state index in [-0.39, 0.29) is 13.2 Å². The monoisotopic (exact) mass is 207 g/mol. The van der Waals surface area contributed by atoms with E-state index >= 15 is 0 Å². The van der Waals surface area contributed by atoms with Gasteiger partial charge in [-0.2, -0.15) is 5.26 Å². The van der Waals surface area contributed by atoms with Crippen LogP contribution in [0.3, 0.4) is 0 Å². The molecule has 0 bridgehead atoms. The average Bonchev–Trinajstić information content (AvgIpc) is 2.65. The van der Waals surface area contributed by atoms with Gasteiger partial charge in [-0.3, -0.25) is 0 Å². The third kappa shape index (κ3) is 1.73. The SMILES string of the molecule is CC(F)c1cc(CC#N)c2c(c1)OCO2. The highest BCUT2D eigenvalue weighted by Gasteiger charge is 2.20. The molecule has 0 saturated heterocycles. The molecule has 0 amide bonds. The van der Waals surface area contributed by atoms with Gasteiger partial charge in [0.05, 0.1) is 12.5 Å². The molecule has 1 aromatic carbocycles. The minimum atomic E-state index is -1.07. The molecule has 1 unspecified atom stereocenters. The topological polar surface area (TPSA) is 42.2 Å². The fourth-order valence-electron chi connectivity index (χ4n) is 1.55. The number of alkyl halides is 1. The van der Waals surface area contributed by atoms with Gasteiger partial charge < -0.3 is 9.47 Å². The fourth-order valence-corrected chi connectivity index (χ4v) is 1.55. The standard InChI is InChI=1S/C11H10FNO2/c1-7(12)9-4-8(2-3-13)11-10(5-9)14-6-15-11/h4-5,7H,2,6H2,1H3. The van der Waals surface area contributed by atoms with Gasteiger partial charge in [0.25, 0.3) is 0 Å². The maximum Gasteiger partial charge on any atom is 0.231 e. The fraction of sp³-hybridized carbons (Fsp3) is 0.364. The Hall–Kier alpha value is -1.76. The second-order valence-corrected chi connectivity index (χ2v) is 3.36. The van der Waals surface area contributed by atoms with Gasteiger partial charge in [-0.1, -0.05) is 0 Å². The van der Waals surface area contributed by atoms with Gasteiger partial charge in [0, 0.05) is 5.56 Å². The number of hydrogen-bond acceptors (Lipinski definition) is 3. The molecule has 0 aliphatic carbocycles. The molecule has 4 heteroatoms. The van der Waals surface area contributed by atoms with Crippen molar-refractivity contribution in [3.63, 3.8) is 0 Å². The molecular formula is C11H10FNO2. The van der Waals surface area contributed by atoms with E-state index in [0.717, 1.165) is 0 Å². The highest BCUT2D eigenvalue weighted by atomic mass is 19.1. The van der Waals surface area contributed by atoms with E-state index in [4.69, 9.17) is 14.7 Å². The molecule has 0 spiro atoms. The largest absolute Gasteiger partial charge is 0.454 e. The molecule has 0 radical (unpaired) electrons. The van der Waals surface area contributed by atoms with Gasteiger partial charge in [0.1, 0.15) is 6.17 Å². The van der Waals surface area contributed by atoms with E-state index in [1.807, 2.05) is 6.07 Å². The smallest absolute Gasteiger partial charge is 0.231 e. The van der Waals surface area contributed by atoms with Crippen LogP contribution < -0.4 is 9.47 Å². The summed E-state index contributed by atoms with van der Waals surface area (Å²) in [6.45, 7) is 1.59. The zero-order chi connectivity index (χ0) is 10.8. The second kappa shape index (κ2) is 3.77. The van der Waals surface area contributed by atoms with Crippen LogP contribution in [0.15, 0.2) is 12.1 Å². The Balaban J connectivity index is 2.48. The molecule has 1 heterocycles. The Morgan fingerprint density at radius 1 is 1.53 bits per heavy atom. The number of fused-ring (bicyclic) bond motifs is 1. The van der Waals surface area contributed by atoms with Crippen molar-refractivity contribution in [2.75, 3.05) is 6.79 Å². The molecule has 1 aliphatic rings. The predicted molar refractivity (Wildman–Crippen MR) is 51.4 cm³/mol. The van der Waals surface area contributed by atoms with Gasteiger partial charge in [-0.25, -0.2) is 4.39 Å².